The average Bonchev–Trinajstić information content (AvgIpc) is 3.20. The molecular formula is C16H16N4O4S2. The van der Waals surface area contributed by atoms with Crippen molar-refractivity contribution in [3.05, 3.63) is 57.7 Å². The summed E-state index contributed by atoms with van der Waals surface area (Å²) in [6.45, 7) is 3.47. The van der Waals surface area contributed by atoms with E-state index < -0.39 is 15.9 Å². The van der Waals surface area contributed by atoms with Crippen molar-refractivity contribution in [2.75, 3.05) is 5.32 Å². The number of thiophene rings is 1. The molecule has 136 valence electrons. The summed E-state index contributed by atoms with van der Waals surface area (Å²) in [5, 5.41) is 6.26. The Morgan fingerprint density at radius 2 is 2.12 bits per heavy atom. The van der Waals surface area contributed by atoms with Gasteiger partial charge in [-0.1, -0.05) is 11.2 Å². The minimum atomic E-state index is -3.75. The fourth-order valence-electron chi connectivity index (χ4n) is 2.21. The van der Waals surface area contributed by atoms with E-state index in [0.29, 0.717) is 10.6 Å². The SMILES string of the molecule is Cc1cc(NC(=O)c2cc(S(=O)(=O)NCc3cccnc3)c(C)s2)no1. The number of amides is 1. The average molecular weight is 392 g/mol. The molecule has 0 bridgehead atoms. The van der Waals surface area contributed by atoms with Crippen molar-refractivity contribution in [1.29, 1.82) is 0 Å². The molecule has 0 unspecified atom stereocenters. The second-order valence-corrected chi connectivity index (χ2v) is 8.49. The van der Waals surface area contributed by atoms with Crippen LogP contribution in [0.2, 0.25) is 0 Å². The van der Waals surface area contributed by atoms with E-state index in [4.69, 9.17) is 4.52 Å². The van der Waals surface area contributed by atoms with E-state index in [1.54, 1.807) is 44.4 Å². The van der Waals surface area contributed by atoms with Crippen LogP contribution < -0.4 is 10.0 Å². The molecule has 1 amide bonds. The molecule has 0 radical (unpaired) electrons. The zero-order valence-corrected chi connectivity index (χ0v) is 15.6. The minimum absolute atomic E-state index is 0.0767. The summed E-state index contributed by atoms with van der Waals surface area (Å²) in [6, 6.07) is 6.43. The zero-order valence-electron chi connectivity index (χ0n) is 14.0. The first kappa shape index (κ1) is 18.2. The van der Waals surface area contributed by atoms with E-state index >= 15 is 0 Å². The fraction of sp³-hybridized carbons (Fsp3) is 0.188. The van der Waals surface area contributed by atoms with Crippen LogP contribution in [0.4, 0.5) is 5.82 Å². The lowest BCUT2D eigenvalue weighted by atomic mass is 10.3. The second kappa shape index (κ2) is 7.36. The molecule has 3 aromatic heterocycles. The molecule has 0 aliphatic heterocycles. The maximum atomic E-state index is 12.5. The number of aromatic nitrogens is 2. The predicted octanol–water partition coefficient (Wildman–Crippen LogP) is 2.48. The Morgan fingerprint density at radius 1 is 1.31 bits per heavy atom. The largest absolute Gasteiger partial charge is 0.360 e. The fourth-order valence-corrected chi connectivity index (χ4v) is 4.71. The van der Waals surface area contributed by atoms with Crippen LogP contribution in [0.15, 0.2) is 46.1 Å². The number of carbonyl (C=O) groups excluding carboxylic acids is 1. The molecule has 0 spiro atoms. The molecule has 0 saturated heterocycles. The van der Waals surface area contributed by atoms with Crippen LogP contribution in [0.5, 0.6) is 0 Å². The third kappa shape index (κ3) is 4.15. The summed E-state index contributed by atoms with van der Waals surface area (Å²) in [4.78, 5) is 17.1. The van der Waals surface area contributed by atoms with Gasteiger partial charge in [-0.15, -0.1) is 11.3 Å². The molecule has 2 N–H and O–H groups in total. The van der Waals surface area contributed by atoms with Gasteiger partial charge in [-0.05, 0) is 31.5 Å². The van der Waals surface area contributed by atoms with Crippen molar-refractivity contribution in [2.45, 2.75) is 25.3 Å². The summed E-state index contributed by atoms with van der Waals surface area (Å²) in [6.07, 6.45) is 3.20. The highest BCUT2D eigenvalue weighted by atomic mass is 32.2. The molecule has 3 rings (SSSR count). The van der Waals surface area contributed by atoms with Gasteiger partial charge in [-0.25, -0.2) is 13.1 Å². The Bertz CT molecular complexity index is 1030. The van der Waals surface area contributed by atoms with Gasteiger partial charge >= 0.3 is 0 Å². The highest BCUT2D eigenvalue weighted by Gasteiger charge is 2.22. The third-order valence-corrected chi connectivity index (χ3v) is 6.15. The lowest BCUT2D eigenvalue weighted by Crippen LogP contribution is -2.23. The van der Waals surface area contributed by atoms with Gasteiger partial charge in [0.2, 0.25) is 10.0 Å². The maximum absolute atomic E-state index is 12.5. The van der Waals surface area contributed by atoms with Crippen molar-refractivity contribution in [1.82, 2.24) is 14.9 Å². The summed E-state index contributed by atoms with van der Waals surface area (Å²) in [5.41, 5.74) is 0.739. The van der Waals surface area contributed by atoms with E-state index in [2.05, 4.69) is 20.2 Å². The number of sulfonamides is 1. The van der Waals surface area contributed by atoms with Crippen LogP contribution in [-0.4, -0.2) is 24.5 Å². The minimum Gasteiger partial charge on any atom is -0.360 e. The lowest BCUT2D eigenvalue weighted by molar-refractivity contribution is 0.102. The molecule has 10 heteroatoms. The Labute approximate surface area is 154 Å². The third-order valence-electron chi connectivity index (χ3n) is 3.44. The highest BCUT2D eigenvalue weighted by molar-refractivity contribution is 7.89. The summed E-state index contributed by atoms with van der Waals surface area (Å²) in [7, 11) is -3.75. The van der Waals surface area contributed by atoms with Crippen molar-refractivity contribution < 1.29 is 17.7 Å². The van der Waals surface area contributed by atoms with Gasteiger partial charge in [0.15, 0.2) is 5.82 Å². The molecule has 8 nitrogen and oxygen atoms in total. The van der Waals surface area contributed by atoms with Gasteiger partial charge in [-0.2, -0.15) is 0 Å². The van der Waals surface area contributed by atoms with Gasteiger partial charge in [0.05, 0.1) is 9.77 Å². The van der Waals surface area contributed by atoms with Crippen LogP contribution >= 0.6 is 11.3 Å². The molecule has 3 aromatic rings. The monoisotopic (exact) mass is 392 g/mol. The smallest absolute Gasteiger partial charge is 0.267 e. The maximum Gasteiger partial charge on any atom is 0.267 e. The van der Waals surface area contributed by atoms with Crippen LogP contribution in [0.3, 0.4) is 0 Å². The number of nitrogens with zero attached hydrogens (tertiary/aromatic N) is 2. The van der Waals surface area contributed by atoms with Gasteiger partial charge < -0.3 is 9.84 Å². The van der Waals surface area contributed by atoms with Crippen molar-refractivity contribution in [2.24, 2.45) is 0 Å². The molecule has 0 aliphatic rings. The van der Waals surface area contributed by atoms with Crippen molar-refractivity contribution in [3.63, 3.8) is 0 Å². The number of aryl methyl sites for hydroxylation is 2. The Balaban J connectivity index is 1.75. The number of anilines is 1. The first-order chi connectivity index (χ1) is 12.3. The Morgan fingerprint density at radius 3 is 2.77 bits per heavy atom. The standard InChI is InChI=1S/C16H16N4O4S2/c1-10-6-15(20-24-10)19-16(21)13-7-14(11(2)25-13)26(22,23)18-9-12-4-3-5-17-8-12/h3-8,18H,9H2,1-2H3,(H,19,20,21). The quantitative estimate of drug-likeness (QED) is 0.666. The lowest BCUT2D eigenvalue weighted by Gasteiger charge is -2.05. The van der Waals surface area contributed by atoms with Crippen LogP contribution in [0, 0.1) is 13.8 Å². The van der Waals surface area contributed by atoms with Crippen molar-refractivity contribution in [3.8, 4) is 0 Å². The highest BCUT2D eigenvalue weighted by Crippen LogP contribution is 2.26. The Hall–Kier alpha value is -2.56. The first-order valence-electron chi connectivity index (χ1n) is 7.59. The number of rotatable bonds is 6. The van der Waals surface area contributed by atoms with Crippen LogP contribution in [-0.2, 0) is 16.6 Å². The van der Waals surface area contributed by atoms with Gasteiger partial charge in [-0.3, -0.25) is 9.78 Å². The Kier molecular flexibility index (Phi) is 5.16. The predicted molar refractivity (Wildman–Crippen MR) is 96.5 cm³/mol. The van der Waals surface area contributed by atoms with Crippen LogP contribution in [0.25, 0.3) is 0 Å². The zero-order chi connectivity index (χ0) is 18.7. The first-order valence-corrected chi connectivity index (χ1v) is 9.89. The number of carbonyl (C=O) groups is 1. The second-order valence-electron chi connectivity index (χ2n) is 5.49. The number of nitrogens with one attached hydrogen (secondary N) is 2. The topological polar surface area (TPSA) is 114 Å². The number of pyridine rings is 1. The molecule has 0 saturated carbocycles. The molecule has 3 heterocycles. The summed E-state index contributed by atoms with van der Waals surface area (Å²) < 4.78 is 32.5. The summed E-state index contributed by atoms with van der Waals surface area (Å²) >= 11 is 1.10. The van der Waals surface area contributed by atoms with Gasteiger partial charge in [0.1, 0.15) is 5.76 Å². The van der Waals surface area contributed by atoms with E-state index in [-0.39, 0.29) is 22.1 Å². The molecule has 0 aromatic carbocycles. The summed E-state index contributed by atoms with van der Waals surface area (Å²) in [5.74, 6) is 0.392. The molecule has 0 fully saturated rings. The van der Waals surface area contributed by atoms with Crippen LogP contribution in [0.1, 0.15) is 25.9 Å². The van der Waals surface area contributed by atoms with E-state index in [1.165, 1.54) is 6.07 Å². The molecule has 0 atom stereocenters. The molecule has 0 aliphatic carbocycles. The molecular weight excluding hydrogens is 376 g/mol. The number of hydrogen-bond acceptors (Lipinski definition) is 7. The van der Waals surface area contributed by atoms with Gasteiger partial charge in [0, 0.05) is 29.9 Å². The van der Waals surface area contributed by atoms with E-state index in [9.17, 15) is 13.2 Å². The molecule has 26 heavy (non-hydrogen) atoms. The number of hydrogen-bond donors (Lipinski definition) is 2. The van der Waals surface area contributed by atoms with E-state index in [0.717, 1.165) is 16.9 Å². The normalized spacial score (nSPS) is 11.5. The van der Waals surface area contributed by atoms with E-state index in [1.807, 2.05) is 0 Å². The van der Waals surface area contributed by atoms with Crippen molar-refractivity contribution >= 4 is 33.1 Å². The van der Waals surface area contributed by atoms with Gasteiger partial charge in [0.25, 0.3) is 5.91 Å².